The van der Waals surface area contributed by atoms with Crippen LogP contribution < -0.4 is 5.32 Å². The average molecular weight is 479 g/mol. The minimum absolute atomic E-state index is 0.247. The molecular formula is C20H18Cl3N7O. The summed E-state index contributed by atoms with van der Waals surface area (Å²) in [7, 11) is 0. The van der Waals surface area contributed by atoms with Gasteiger partial charge in [0, 0.05) is 18.1 Å². The van der Waals surface area contributed by atoms with Crippen molar-refractivity contribution in [2.45, 2.75) is 27.1 Å². The summed E-state index contributed by atoms with van der Waals surface area (Å²) < 4.78 is 5.06. The predicted molar refractivity (Wildman–Crippen MR) is 120 cm³/mol. The van der Waals surface area contributed by atoms with Gasteiger partial charge in [0.2, 0.25) is 0 Å². The van der Waals surface area contributed by atoms with Gasteiger partial charge >= 0.3 is 0 Å². The maximum atomic E-state index is 12.6. The lowest BCUT2D eigenvalue weighted by molar-refractivity contribution is 0.102. The smallest absolute Gasteiger partial charge is 0.277 e. The van der Waals surface area contributed by atoms with Gasteiger partial charge in [0.15, 0.2) is 11.5 Å². The van der Waals surface area contributed by atoms with Gasteiger partial charge in [-0.1, -0.05) is 40.9 Å². The first kappa shape index (κ1) is 21.4. The van der Waals surface area contributed by atoms with E-state index in [9.17, 15) is 4.79 Å². The molecule has 0 unspecified atom stereocenters. The second-order valence-corrected chi connectivity index (χ2v) is 8.26. The maximum Gasteiger partial charge on any atom is 0.277 e. The van der Waals surface area contributed by atoms with Crippen LogP contribution in [0.3, 0.4) is 0 Å². The van der Waals surface area contributed by atoms with Gasteiger partial charge in [-0.2, -0.15) is 15.3 Å². The van der Waals surface area contributed by atoms with Crippen molar-refractivity contribution < 1.29 is 4.79 Å². The second-order valence-electron chi connectivity index (χ2n) is 7.03. The first-order valence-electron chi connectivity index (χ1n) is 9.31. The highest BCUT2D eigenvalue weighted by molar-refractivity contribution is 6.42. The van der Waals surface area contributed by atoms with Crippen molar-refractivity contribution in [2.24, 2.45) is 0 Å². The molecule has 0 atom stereocenters. The van der Waals surface area contributed by atoms with Crippen LogP contribution in [0.1, 0.15) is 27.4 Å². The Morgan fingerprint density at radius 3 is 2.48 bits per heavy atom. The van der Waals surface area contributed by atoms with Gasteiger partial charge in [0.05, 0.1) is 22.3 Å². The maximum absolute atomic E-state index is 12.6. The Hall–Kier alpha value is -2.81. The number of rotatable bonds is 6. The van der Waals surface area contributed by atoms with Crippen molar-refractivity contribution in [3.05, 3.63) is 80.4 Å². The molecule has 0 saturated carbocycles. The van der Waals surface area contributed by atoms with Crippen LogP contribution in [0.5, 0.6) is 0 Å². The molecule has 1 aromatic carbocycles. The molecular weight excluding hydrogens is 461 g/mol. The van der Waals surface area contributed by atoms with E-state index in [1.165, 1.54) is 0 Å². The fourth-order valence-corrected chi connectivity index (χ4v) is 3.59. The lowest BCUT2D eigenvalue weighted by Crippen LogP contribution is -2.16. The van der Waals surface area contributed by atoms with Crippen molar-refractivity contribution in [1.29, 1.82) is 0 Å². The Morgan fingerprint density at radius 2 is 1.77 bits per heavy atom. The number of carbonyl (C=O) groups is 1. The Morgan fingerprint density at radius 1 is 0.968 bits per heavy atom. The molecule has 0 saturated heterocycles. The molecule has 0 radical (unpaired) electrons. The Labute approximate surface area is 193 Å². The van der Waals surface area contributed by atoms with Crippen molar-refractivity contribution in [3.8, 4) is 0 Å². The van der Waals surface area contributed by atoms with Gasteiger partial charge in [0.1, 0.15) is 11.7 Å². The standard InChI is InChI=1S/C20H18Cl3N7O/c1-12-7-13(2)30(25-12)11-28-6-5-18(26-28)20(31)24-19-17(23)10-29(27-19)9-14-3-4-15(21)16(22)8-14/h3-8,10H,9,11H2,1-2H3,(H,24,27,31). The van der Waals surface area contributed by atoms with Gasteiger partial charge in [-0.05, 0) is 43.7 Å². The first-order chi connectivity index (χ1) is 14.8. The molecule has 4 rings (SSSR count). The van der Waals surface area contributed by atoms with Crippen LogP contribution in [0.25, 0.3) is 0 Å². The number of amides is 1. The fourth-order valence-electron chi connectivity index (χ4n) is 3.08. The Balaban J connectivity index is 1.43. The van der Waals surface area contributed by atoms with E-state index < -0.39 is 5.91 Å². The number of halogens is 3. The third kappa shape index (κ3) is 4.92. The zero-order valence-corrected chi connectivity index (χ0v) is 18.9. The van der Waals surface area contributed by atoms with Gasteiger partial charge in [-0.25, -0.2) is 4.68 Å². The topological polar surface area (TPSA) is 82.6 Å². The molecule has 3 aromatic heterocycles. The SMILES string of the molecule is Cc1cc(C)n(Cn2ccc(C(=O)Nc3nn(Cc4ccc(Cl)c(Cl)c4)cc3Cl)n2)n1. The number of aromatic nitrogens is 6. The highest BCUT2D eigenvalue weighted by atomic mass is 35.5. The number of hydrogen-bond acceptors (Lipinski definition) is 4. The van der Waals surface area contributed by atoms with Crippen LogP contribution in [0, 0.1) is 13.8 Å². The van der Waals surface area contributed by atoms with Crippen LogP contribution in [0.2, 0.25) is 15.1 Å². The molecule has 0 fully saturated rings. The highest BCUT2D eigenvalue weighted by Gasteiger charge is 2.15. The van der Waals surface area contributed by atoms with Crippen molar-refractivity contribution >= 4 is 46.5 Å². The molecule has 4 aromatic rings. The predicted octanol–water partition coefficient (Wildman–Crippen LogP) is 4.66. The van der Waals surface area contributed by atoms with Crippen molar-refractivity contribution in [3.63, 3.8) is 0 Å². The molecule has 3 heterocycles. The molecule has 160 valence electrons. The molecule has 0 aliphatic carbocycles. The van der Waals surface area contributed by atoms with Gasteiger partial charge in [-0.3, -0.25) is 14.2 Å². The molecule has 8 nitrogen and oxygen atoms in total. The Bertz CT molecular complexity index is 1260. The number of anilines is 1. The summed E-state index contributed by atoms with van der Waals surface area (Å²) in [6.45, 7) is 4.72. The minimum Gasteiger partial charge on any atom is -0.302 e. The molecule has 1 amide bonds. The third-order valence-corrected chi connectivity index (χ3v) is 5.55. The molecule has 0 aliphatic heterocycles. The van der Waals surface area contributed by atoms with E-state index in [0.717, 1.165) is 17.0 Å². The largest absolute Gasteiger partial charge is 0.302 e. The summed E-state index contributed by atoms with van der Waals surface area (Å²) in [6, 6.07) is 8.93. The lowest BCUT2D eigenvalue weighted by Gasteiger charge is -2.05. The van der Waals surface area contributed by atoms with E-state index in [4.69, 9.17) is 34.8 Å². The normalized spacial score (nSPS) is 11.1. The third-order valence-electron chi connectivity index (χ3n) is 4.53. The zero-order chi connectivity index (χ0) is 22.1. The molecule has 11 heteroatoms. The molecule has 1 N–H and O–H groups in total. The zero-order valence-electron chi connectivity index (χ0n) is 16.7. The average Bonchev–Trinajstić information content (AvgIpc) is 3.39. The van der Waals surface area contributed by atoms with E-state index in [1.54, 1.807) is 40.0 Å². The monoisotopic (exact) mass is 477 g/mol. The molecule has 31 heavy (non-hydrogen) atoms. The first-order valence-corrected chi connectivity index (χ1v) is 10.4. The van der Waals surface area contributed by atoms with Gasteiger partial charge < -0.3 is 5.32 Å². The van der Waals surface area contributed by atoms with Gasteiger partial charge in [0.25, 0.3) is 5.91 Å². The quantitative estimate of drug-likeness (QED) is 0.437. The van der Waals surface area contributed by atoms with E-state index >= 15 is 0 Å². The van der Waals surface area contributed by atoms with Crippen LogP contribution in [-0.2, 0) is 13.2 Å². The van der Waals surface area contributed by atoms with E-state index in [2.05, 4.69) is 20.6 Å². The van der Waals surface area contributed by atoms with Crippen LogP contribution in [0.4, 0.5) is 5.82 Å². The highest BCUT2D eigenvalue weighted by Crippen LogP contribution is 2.24. The van der Waals surface area contributed by atoms with E-state index in [0.29, 0.717) is 28.3 Å². The molecule has 0 bridgehead atoms. The minimum atomic E-state index is -0.409. The number of carbonyl (C=O) groups excluding carboxylic acids is 1. The summed E-state index contributed by atoms with van der Waals surface area (Å²) >= 11 is 18.3. The van der Waals surface area contributed by atoms with Crippen molar-refractivity contribution in [2.75, 3.05) is 5.32 Å². The summed E-state index contributed by atoms with van der Waals surface area (Å²) in [4.78, 5) is 12.6. The Kier molecular flexibility index (Phi) is 6.04. The number of benzene rings is 1. The second kappa shape index (κ2) is 8.74. The van der Waals surface area contributed by atoms with Crippen LogP contribution >= 0.6 is 34.8 Å². The summed E-state index contributed by atoms with van der Waals surface area (Å²) in [5.74, 6) is -0.159. The number of nitrogens with one attached hydrogen (secondary N) is 1. The number of nitrogens with zero attached hydrogens (tertiary/aromatic N) is 6. The number of aryl methyl sites for hydroxylation is 2. The summed E-state index contributed by atoms with van der Waals surface area (Å²) in [5, 5.41) is 17.0. The van der Waals surface area contributed by atoms with Crippen LogP contribution in [-0.4, -0.2) is 35.2 Å². The van der Waals surface area contributed by atoms with E-state index in [1.807, 2.05) is 30.7 Å². The number of hydrogen-bond donors (Lipinski definition) is 1. The van der Waals surface area contributed by atoms with E-state index in [-0.39, 0.29) is 11.5 Å². The van der Waals surface area contributed by atoms with Crippen molar-refractivity contribution in [1.82, 2.24) is 29.3 Å². The van der Waals surface area contributed by atoms with Gasteiger partial charge in [-0.15, -0.1) is 0 Å². The lowest BCUT2D eigenvalue weighted by atomic mass is 10.2. The molecule has 0 aliphatic rings. The summed E-state index contributed by atoms with van der Waals surface area (Å²) in [6.07, 6.45) is 3.34. The molecule has 0 spiro atoms. The van der Waals surface area contributed by atoms with Crippen LogP contribution in [0.15, 0.2) is 42.7 Å². The summed E-state index contributed by atoms with van der Waals surface area (Å²) in [5.41, 5.74) is 3.08. The fraction of sp³-hybridized carbons (Fsp3) is 0.200.